The van der Waals surface area contributed by atoms with Gasteiger partial charge in [0.05, 0.1) is 11.6 Å². The van der Waals surface area contributed by atoms with Crippen molar-refractivity contribution in [3.05, 3.63) is 118 Å². The molecule has 168 valence electrons. The molecule has 0 N–H and O–H groups in total. The highest BCUT2D eigenvalue weighted by Crippen LogP contribution is 2.55. The molecule has 3 atom stereocenters. The third-order valence-corrected chi connectivity index (χ3v) is 7.86. The van der Waals surface area contributed by atoms with Gasteiger partial charge in [-0.25, -0.2) is 0 Å². The molecule has 2 nitrogen and oxygen atoms in total. The predicted molar refractivity (Wildman–Crippen MR) is 139 cm³/mol. The summed E-state index contributed by atoms with van der Waals surface area (Å²) in [6, 6.07) is 33.2. The molecule has 2 heteroatoms. The molecule has 1 aliphatic carbocycles. The van der Waals surface area contributed by atoms with Crippen molar-refractivity contribution in [2.45, 2.75) is 50.6 Å². The van der Waals surface area contributed by atoms with Gasteiger partial charge in [-0.1, -0.05) is 79.7 Å². The average molecular weight is 443 g/mol. The first kappa shape index (κ1) is 21.1. The first-order chi connectivity index (χ1) is 16.7. The summed E-state index contributed by atoms with van der Waals surface area (Å²) < 4.78 is 0. The van der Waals surface area contributed by atoms with Crippen LogP contribution in [-0.4, -0.2) is 11.4 Å². The Labute approximate surface area is 202 Å². The van der Waals surface area contributed by atoms with Crippen molar-refractivity contribution < 1.29 is 0 Å². The van der Waals surface area contributed by atoms with Crippen LogP contribution in [0.2, 0.25) is 0 Å². The molecule has 1 heterocycles. The van der Waals surface area contributed by atoms with E-state index < -0.39 is 0 Å². The second-order valence-electron chi connectivity index (χ2n) is 10.1. The fourth-order valence-electron chi connectivity index (χ4n) is 5.89. The van der Waals surface area contributed by atoms with Crippen molar-refractivity contribution in [2.24, 2.45) is 0 Å². The summed E-state index contributed by atoms with van der Waals surface area (Å²) in [5, 5.41) is 11.5. The maximum absolute atomic E-state index is 9.16. The van der Waals surface area contributed by atoms with Crippen molar-refractivity contribution in [3.63, 3.8) is 0 Å². The van der Waals surface area contributed by atoms with Gasteiger partial charge in [-0.2, -0.15) is 5.26 Å². The topological polar surface area (TPSA) is 27.0 Å². The minimum atomic E-state index is 0.608. The standard InChI is InChI=1S/C32H30N2/c1-2-24-20-34(19-22-6-4-3-5-7-22)21-29-13-12-28(16-30(24)29)32-17-31(32)27-11-10-25-14-23(18-33)8-9-26(25)15-27/h3-16,24,31-32H,2,17,19-21H2,1H3. The predicted octanol–water partition coefficient (Wildman–Crippen LogP) is 7.49. The van der Waals surface area contributed by atoms with Crippen molar-refractivity contribution in [3.8, 4) is 6.07 Å². The van der Waals surface area contributed by atoms with Crippen molar-refractivity contribution in [1.82, 2.24) is 4.90 Å². The molecule has 0 radical (unpaired) electrons. The third kappa shape index (κ3) is 4.02. The smallest absolute Gasteiger partial charge is 0.0991 e. The van der Waals surface area contributed by atoms with Gasteiger partial charge in [0.2, 0.25) is 0 Å². The molecule has 0 amide bonds. The number of hydrogen-bond donors (Lipinski definition) is 0. The van der Waals surface area contributed by atoms with E-state index in [0.717, 1.165) is 30.6 Å². The minimum absolute atomic E-state index is 0.608. The van der Waals surface area contributed by atoms with Crippen LogP contribution in [0, 0.1) is 11.3 Å². The second kappa shape index (κ2) is 8.75. The fraction of sp³-hybridized carbons (Fsp3) is 0.281. The largest absolute Gasteiger partial charge is 0.294 e. The first-order valence-electron chi connectivity index (χ1n) is 12.5. The number of rotatable bonds is 5. The maximum Gasteiger partial charge on any atom is 0.0991 e. The Bertz CT molecular complexity index is 1380. The Morgan fingerprint density at radius 3 is 2.38 bits per heavy atom. The summed E-state index contributed by atoms with van der Waals surface area (Å²) in [6.45, 7) is 5.55. The molecule has 0 bridgehead atoms. The zero-order valence-corrected chi connectivity index (χ0v) is 19.7. The SMILES string of the molecule is CCC1CN(Cc2ccccc2)Cc2ccc(C3CC3c3ccc4cc(C#N)ccc4c3)cc21. The molecule has 2 aliphatic rings. The van der Waals surface area contributed by atoms with Gasteiger partial charge in [-0.05, 0) is 81.3 Å². The third-order valence-electron chi connectivity index (χ3n) is 7.86. The van der Waals surface area contributed by atoms with E-state index in [4.69, 9.17) is 5.26 Å². The lowest BCUT2D eigenvalue weighted by atomic mass is 9.85. The van der Waals surface area contributed by atoms with E-state index in [1.54, 1.807) is 5.56 Å². The Hall–Kier alpha value is -3.41. The molecule has 34 heavy (non-hydrogen) atoms. The summed E-state index contributed by atoms with van der Waals surface area (Å²) in [7, 11) is 0. The molecule has 4 aromatic rings. The quantitative estimate of drug-likeness (QED) is 0.320. The highest BCUT2D eigenvalue weighted by molar-refractivity contribution is 5.84. The molecule has 1 saturated carbocycles. The molecular weight excluding hydrogens is 412 g/mol. The molecule has 0 spiro atoms. The first-order valence-corrected chi connectivity index (χ1v) is 12.5. The average Bonchev–Trinajstić information content (AvgIpc) is 3.69. The van der Waals surface area contributed by atoms with E-state index in [-0.39, 0.29) is 0 Å². The highest BCUT2D eigenvalue weighted by atomic mass is 15.1. The van der Waals surface area contributed by atoms with Gasteiger partial charge in [-0.15, -0.1) is 0 Å². The van der Waals surface area contributed by atoms with Gasteiger partial charge >= 0.3 is 0 Å². The molecule has 0 saturated heterocycles. The molecular formula is C32H30N2. The monoisotopic (exact) mass is 442 g/mol. The molecule has 0 aromatic heterocycles. The lowest BCUT2D eigenvalue weighted by Gasteiger charge is -2.35. The van der Waals surface area contributed by atoms with Crippen LogP contribution >= 0.6 is 0 Å². The van der Waals surface area contributed by atoms with E-state index >= 15 is 0 Å². The summed E-state index contributed by atoms with van der Waals surface area (Å²) in [5.74, 6) is 1.84. The number of hydrogen-bond acceptors (Lipinski definition) is 2. The van der Waals surface area contributed by atoms with Crippen LogP contribution in [0.5, 0.6) is 0 Å². The van der Waals surface area contributed by atoms with E-state index in [9.17, 15) is 0 Å². The van der Waals surface area contributed by atoms with Gasteiger partial charge in [0.25, 0.3) is 0 Å². The Balaban J connectivity index is 1.21. The molecule has 4 aromatic carbocycles. The van der Waals surface area contributed by atoms with E-state index in [0.29, 0.717) is 17.8 Å². The van der Waals surface area contributed by atoms with Crippen LogP contribution < -0.4 is 0 Å². The van der Waals surface area contributed by atoms with Gasteiger partial charge in [-0.3, -0.25) is 4.90 Å². The molecule has 1 fully saturated rings. The Morgan fingerprint density at radius 2 is 1.59 bits per heavy atom. The summed E-state index contributed by atoms with van der Waals surface area (Å²) in [5.41, 5.74) is 8.16. The number of nitriles is 1. The van der Waals surface area contributed by atoms with Crippen molar-refractivity contribution in [2.75, 3.05) is 6.54 Å². The van der Waals surface area contributed by atoms with Crippen LogP contribution in [0.25, 0.3) is 10.8 Å². The summed E-state index contributed by atoms with van der Waals surface area (Å²) >= 11 is 0. The number of benzene rings is 4. The Morgan fingerprint density at radius 1 is 0.853 bits per heavy atom. The Kier molecular flexibility index (Phi) is 5.44. The van der Waals surface area contributed by atoms with Crippen LogP contribution in [0.4, 0.5) is 0 Å². The van der Waals surface area contributed by atoms with Gasteiger partial charge in [0.1, 0.15) is 0 Å². The normalized spacial score (nSPS) is 21.7. The van der Waals surface area contributed by atoms with Crippen molar-refractivity contribution >= 4 is 10.8 Å². The highest BCUT2D eigenvalue weighted by Gasteiger charge is 2.40. The lowest BCUT2D eigenvalue weighted by molar-refractivity contribution is 0.219. The van der Waals surface area contributed by atoms with Gasteiger partial charge < -0.3 is 0 Å². The number of nitrogens with zero attached hydrogens (tertiary/aromatic N) is 2. The van der Waals surface area contributed by atoms with Gasteiger partial charge in [0.15, 0.2) is 0 Å². The molecule has 3 unspecified atom stereocenters. The van der Waals surface area contributed by atoms with E-state index in [2.05, 4.69) is 90.7 Å². The zero-order chi connectivity index (χ0) is 23.1. The molecule has 1 aliphatic heterocycles. The molecule has 6 rings (SSSR count). The van der Waals surface area contributed by atoms with Crippen LogP contribution in [-0.2, 0) is 13.1 Å². The zero-order valence-electron chi connectivity index (χ0n) is 19.7. The van der Waals surface area contributed by atoms with E-state index in [1.165, 1.54) is 40.5 Å². The minimum Gasteiger partial charge on any atom is -0.294 e. The van der Waals surface area contributed by atoms with Gasteiger partial charge in [0, 0.05) is 19.6 Å². The summed E-state index contributed by atoms with van der Waals surface area (Å²) in [6.07, 6.45) is 2.42. The fourth-order valence-corrected chi connectivity index (χ4v) is 5.89. The van der Waals surface area contributed by atoms with E-state index in [1.807, 2.05) is 12.1 Å². The van der Waals surface area contributed by atoms with Crippen LogP contribution in [0.15, 0.2) is 84.9 Å². The second-order valence-corrected chi connectivity index (χ2v) is 10.1. The maximum atomic E-state index is 9.16. The van der Waals surface area contributed by atoms with Crippen LogP contribution in [0.3, 0.4) is 0 Å². The van der Waals surface area contributed by atoms with Crippen molar-refractivity contribution in [1.29, 1.82) is 5.26 Å². The number of fused-ring (bicyclic) bond motifs is 2. The summed E-state index contributed by atoms with van der Waals surface area (Å²) in [4.78, 5) is 2.61. The lowest BCUT2D eigenvalue weighted by Crippen LogP contribution is -2.33. The van der Waals surface area contributed by atoms with Crippen LogP contribution in [0.1, 0.15) is 70.9 Å².